The molecule has 6 heteroatoms. The topological polar surface area (TPSA) is 90.8 Å². The molecule has 0 aliphatic heterocycles. The molecule has 2 heterocycles. The molecule has 3 N–H and O–H groups in total. The highest BCUT2D eigenvalue weighted by molar-refractivity contribution is 6.08. The number of hydrogen-bond donors (Lipinski definition) is 3. The number of carbonyl (C=O) groups excluding carboxylic acids is 1. The second-order valence-corrected chi connectivity index (χ2v) is 6.64. The molecular weight excluding hydrogens is 362 g/mol. The van der Waals surface area contributed by atoms with Crippen LogP contribution in [0.3, 0.4) is 0 Å². The molecule has 29 heavy (non-hydrogen) atoms. The maximum absolute atomic E-state index is 12.4. The fourth-order valence-electron chi connectivity index (χ4n) is 2.99. The van der Waals surface area contributed by atoms with Crippen molar-refractivity contribution in [3.05, 3.63) is 83.4 Å². The zero-order valence-corrected chi connectivity index (χ0v) is 16.7. The molecule has 0 fully saturated rings. The van der Waals surface area contributed by atoms with E-state index < -0.39 is 0 Å². The van der Waals surface area contributed by atoms with E-state index in [0.717, 1.165) is 33.4 Å². The number of allylic oxidation sites excluding steroid dienone is 1. The van der Waals surface area contributed by atoms with Crippen molar-refractivity contribution in [3.8, 4) is 11.1 Å². The van der Waals surface area contributed by atoms with E-state index in [4.69, 9.17) is 5.41 Å². The van der Waals surface area contributed by atoms with Crippen molar-refractivity contribution >= 4 is 23.5 Å². The molecule has 0 atom stereocenters. The molecule has 0 bridgehead atoms. The Morgan fingerprint density at radius 1 is 1.07 bits per heavy atom. The van der Waals surface area contributed by atoms with Gasteiger partial charge in [-0.05, 0) is 60.4 Å². The number of rotatable bonds is 6. The van der Waals surface area contributed by atoms with E-state index in [0.29, 0.717) is 11.4 Å². The SMILES string of the molecule is CN/C=C(\C=N)c1ccc(C)c(-c2ccc(NC(=O)c3cnccc3C)nc2)c1. The first-order valence-electron chi connectivity index (χ1n) is 9.21. The third-order valence-corrected chi connectivity index (χ3v) is 4.63. The lowest BCUT2D eigenvalue weighted by Crippen LogP contribution is -2.14. The lowest BCUT2D eigenvalue weighted by molar-refractivity contribution is 0.102. The van der Waals surface area contributed by atoms with Crippen molar-refractivity contribution in [1.82, 2.24) is 15.3 Å². The Balaban J connectivity index is 1.85. The molecule has 0 saturated heterocycles. The second-order valence-electron chi connectivity index (χ2n) is 6.64. The fraction of sp³-hybridized carbons (Fsp3) is 0.130. The van der Waals surface area contributed by atoms with E-state index in [2.05, 4.69) is 20.6 Å². The predicted octanol–water partition coefficient (Wildman–Crippen LogP) is 4.22. The van der Waals surface area contributed by atoms with Crippen molar-refractivity contribution < 1.29 is 4.79 Å². The fourth-order valence-corrected chi connectivity index (χ4v) is 2.99. The van der Waals surface area contributed by atoms with Crippen molar-refractivity contribution in [2.24, 2.45) is 0 Å². The maximum atomic E-state index is 12.4. The van der Waals surface area contributed by atoms with Gasteiger partial charge < -0.3 is 16.0 Å². The Morgan fingerprint density at radius 2 is 1.90 bits per heavy atom. The van der Waals surface area contributed by atoms with Crippen LogP contribution >= 0.6 is 0 Å². The van der Waals surface area contributed by atoms with Crippen LogP contribution in [0.1, 0.15) is 27.0 Å². The van der Waals surface area contributed by atoms with Gasteiger partial charge in [-0.25, -0.2) is 4.98 Å². The smallest absolute Gasteiger partial charge is 0.258 e. The lowest BCUT2D eigenvalue weighted by Gasteiger charge is -2.11. The van der Waals surface area contributed by atoms with Crippen LogP contribution in [0.2, 0.25) is 0 Å². The number of pyridine rings is 2. The highest BCUT2D eigenvalue weighted by Gasteiger charge is 2.11. The van der Waals surface area contributed by atoms with E-state index >= 15 is 0 Å². The number of amides is 1. The lowest BCUT2D eigenvalue weighted by atomic mass is 9.96. The number of hydrogen-bond acceptors (Lipinski definition) is 5. The molecule has 3 rings (SSSR count). The summed E-state index contributed by atoms with van der Waals surface area (Å²) in [6.45, 7) is 3.90. The largest absolute Gasteiger partial charge is 0.393 e. The summed E-state index contributed by atoms with van der Waals surface area (Å²) in [5.41, 5.74) is 6.19. The average molecular weight is 385 g/mol. The molecule has 0 aliphatic rings. The Labute approximate surface area is 170 Å². The molecule has 6 nitrogen and oxygen atoms in total. The van der Waals surface area contributed by atoms with Crippen molar-refractivity contribution in [3.63, 3.8) is 0 Å². The minimum atomic E-state index is -0.234. The summed E-state index contributed by atoms with van der Waals surface area (Å²) in [6.07, 6.45) is 8.06. The molecule has 1 aromatic carbocycles. The second kappa shape index (κ2) is 8.93. The van der Waals surface area contributed by atoms with Gasteiger partial charge in [0.1, 0.15) is 5.82 Å². The van der Waals surface area contributed by atoms with Crippen molar-refractivity contribution in [2.75, 3.05) is 12.4 Å². The van der Waals surface area contributed by atoms with Gasteiger partial charge in [-0.3, -0.25) is 9.78 Å². The van der Waals surface area contributed by atoms with Crippen LogP contribution in [0.15, 0.2) is 61.2 Å². The maximum Gasteiger partial charge on any atom is 0.258 e. The Hall–Kier alpha value is -3.80. The molecule has 3 aromatic rings. The number of nitrogens with one attached hydrogen (secondary N) is 3. The first-order chi connectivity index (χ1) is 14.0. The van der Waals surface area contributed by atoms with E-state index in [1.807, 2.05) is 45.2 Å². The Bertz CT molecular complexity index is 1070. The van der Waals surface area contributed by atoms with Gasteiger partial charge in [0.25, 0.3) is 5.91 Å². The van der Waals surface area contributed by atoms with Gasteiger partial charge in [0.2, 0.25) is 0 Å². The number of benzene rings is 1. The third-order valence-electron chi connectivity index (χ3n) is 4.63. The monoisotopic (exact) mass is 385 g/mol. The molecule has 2 aromatic heterocycles. The van der Waals surface area contributed by atoms with Crippen LogP contribution in [0, 0.1) is 19.3 Å². The summed E-state index contributed by atoms with van der Waals surface area (Å²) in [4.78, 5) is 20.8. The molecule has 146 valence electrons. The summed E-state index contributed by atoms with van der Waals surface area (Å²) >= 11 is 0. The van der Waals surface area contributed by atoms with Crippen LogP contribution in [-0.4, -0.2) is 29.1 Å². The number of carbonyl (C=O) groups is 1. The van der Waals surface area contributed by atoms with Crippen LogP contribution < -0.4 is 10.6 Å². The summed E-state index contributed by atoms with van der Waals surface area (Å²) in [5.74, 6) is 0.243. The van der Waals surface area contributed by atoms with Crippen molar-refractivity contribution in [1.29, 1.82) is 5.41 Å². The third kappa shape index (κ3) is 4.55. The van der Waals surface area contributed by atoms with Gasteiger partial charge in [-0.15, -0.1) is 0 Å². The van der Waals surface area contributed by atoms with Crippen LogP contribution in [-0.2, 0) is 0 Å². The van der Waals surface area contributed by atoms with Gasteiger partial charge in [-0.1, -0.05) is 12.1 Å². The summed E-state index contributed by atoms with van der Waals surface area (Å²) in [5, 5.41) is 13.4. The first kappa shape index (κ1) is 19.9. The quantitative estimate of drug-likeness (QED) is 0.554. The Kier molecular flexibility index (Phi) is 6.14. The van der Waals surface area contributed by atoms with Gasteiger partial charge in [0.15, 0.2) is 0 Å². The van der Waals surface area contributed by atoms with Gasteiger partial charge in [-0.2, -0.15) is 0 Å². The standard InChI is InChI=1S/C23H23N5O/c1-15-4-5-17(19(11-24)12-25-3)10-20(15)18-6-7-22(27-13-18)28-23(29)21-14-26-9-8-16(21)2/h4-14,24-25H,1-3H3,(H,27,28,29)/b19-12+,24-11?. The molecule has 1 amide bonds. The molecule has 0 saturated carbocycles. The molecule has 0 unspecified atom stereocenters. The van der Waals surface area contributed by atoms with Gasteiger partial charge in [0, 0.05) is 49.2 Å². The predicted molar refractivity (Wildman–Crippen MR) is 117 cm³/mol. The Morgan fingerprint density at radius 3 is 2.55 bits per heavy atom. The molecule has 0 radical (unpaired) electrons. The molecule has 0 aliphatic carbocycles. The highest BCUT2D eigenvalue weighted by Crippen LogP contribution is 2.27. The van der Waals surface area contributed by atoms with Crippen LogP contribution in [0.4, 0.5) is 5.82 Å². The average Bonchev–Trinajstić information content (AvgIpc) is 2.73. The van der Waals surface area contributed by atoms with E-state index in [9.17, 15) is 4.79 Å². The number of aryl methyl sites for hydroxylation is 2. The van der Waals surface area contributed by atoms with Crippen molar-refractivity contribution in [2.45, 2.75) is 13.8 Å². The number of nitrogens with zero attached hydrogens (tertiary/aromatic N) is 2. The van der Waals surface area contributed by atoms with Crippen LogP contribution in [0.25, 0.3) is 16.7 Å². The van der Waals surface area contributed by atoms with E-state index in [-0.39, 0.29) is 5.91 Å². The van der Waals surface area contributed by atoms with E-state index in [1.54, 1.807) is 36.9 Å². The number of anilines is 1. The zero-order valence-electron chi connectivity index (χ0n) is 16.7. The van der Waals surface area contributed by atoms with Gasteiger partial charge in [0.05, 0.1) is 5.56 Å². The first-order valence-corrected chi connectivity index (χ1v) is 9.21. The minimum absolute atomic E-state index is 0.234. The van der Waals surface area contributed by atoms with Crippen LogP contribution in [0.5, 0.6) is 0 Å². The van der Waals surface area contributed by atoms with Gasteiger partial charge >= 0.3 is 0 Å². The highest BCUT2D eigenvalue weighted by atomic mass is 16.1. The zero-order chi connectivity index (χ0) is 20.8. The minimum Gasteiger partial charge on any atom is -0.393 e. The number of aromatic nitrogens is 2. The summed E-state index contributed by atoms with van der Waals surface area (Å²) in [6, 6.07) is 11.6. The van der Waals surface area contributed by atoms with E-state index in [1.165, 1.54) is 6.21 Å². The molecular formula is C23H23N5O. The normalized spacial score (nSPS) is 11.1. The molecule has 0 spiro atoms. The summed E-state index contributed by atoms with van der Waals surface area (Å²) < 4.78 is 0. The summed E-state index contributed by atoms with van der Waals surface area (Å²) in [7, 11) is 1.81.